The summed E-state index contributed by atoms with van der Waals surface area (Å²) in [5, 5.41) is 0. The molecule has 1 aromatic carbocycles. The summed E-state index contributed by atoms with van der Waals surface area (Å²) < 4.78 is -13.1. The van der Waals surface area contributed by atoms with Gasteiger partial charge in [-0.05, 0) is 34.9 Å². The molecule has 0 aliphatic rings. The fourth-order valence-electron chi connectivity index (χ4n) is 1.66. The first-order valence-electron chi connectivity index (χ1n) is 6.07. The van der Waals surface area contributed by atoms with Crippen LogP contribution >= 0.6 is 174 Å². The highest BCUT2D eigenvalue weighted by Gasteiger charge is 2.53. The van der Waals surface area contributed by atoms with Crippen LogP contribution in [-0.2, 0) is 13.0 Å². The van der Waals surface area contributed by atoms with Gasteiger partial charge in [-0.25, -0.2) is 0 Å². The van der Waals surface area contributed by atoms with E-state index in [-0.39, 0.29) is 16.7 Å². The lowest BCUT2D eigenvalue weighted by Gasteiger charge is -2.34. The van der Waals surface area contributed by atoms with Crippen molar-refractivity contribution in [2.75, 3.05) is 0 Å². The first-order chi connectivity index (χ1) is 11.6. The third-order valence-electron chi connectivity index (χ3n) is 3.09. The minimum Gasteiger partial charge on any atom is -0.0915 e. The summed E-state index contributed by atoms with van der Waals surface area (Å²) in [6, 6.07) is 3.65. The predicted octanol–water partition coefficient (Wildman–Crippen LogP) is 10.7. The van der Waals surface area contributed by atoms with Crippen molar-refractivity contribution in [1.82, 2.24) is 0 Å². The van der Waals surface area contributed by atoms with Gasteiger partial charge in [0.05, 0.1) is 0 Å². The molecule has 0 aliphatic heterocycles. The summed E-state index contributed by atoms with van der Waals surface area (Å²) in [5.74, 6) is 0. The van der Waals surface area contributed by atoms with E-state index in [1.807, 2.05) is 0 Å². The number of benzene rings is 1. The van der Waals surface area contributed by atoms with Crippen LogP contribution in [0.1, 0.15) is 16.7 Å². The topological polar surface area (TPSA) is 0 Å². The number of halogens is 15. The van der Waals surface area contributed by atoms with Gasteiger partial charge in [0.15, 0.2) is 13.0 Å². The van der Waals surface area contributed by atoms with E-state index in [4.69, 9.17) is 174 Å². The van der Waals surface area contributed by atoms with E-state index in [1.165, 1.54) is 18.2 Å². The van der Waals surface area contributed by atoms with Gasteiger partial charge in [-0.2, -0.15) is 0 Å². The predicted molar refractivity (Wildman–Crippen MR) is 127 cm³/mol. The normalized spacial score (nSPS) is 15.2. The van der Waals surface area contributed by atoms with Crippen LogP contribution < -0.4 is 0 Å². The highest BCUT2D eigenvalue weighted by molar-refractivity contribution is 6.77. The van der Waals surface area contributed by atoms with Crippen LogP contribution in [0.15, 0.2) is 18.2 Å². The van der Waals surface area contributed by atoms with Crippen LogP contribution in [0.4, 0.5) is 0 Å². The molecule has 0 saturated carbocycles. The Labute approximate surface area is 230 Å². The molecule has 0 heterocycles. The van der Waals surface area contributed by atoms with Crippen molar-refractivity contribution in [2.24, 2.45) is 0 Å². The van der Waals surface area contributed by atoms with Crippen molar-refractivity contribution in [3.05, 3.63) is 34.9 Å². The zero-order chi connectivity index (χ0) is 21.9. The zero-order valence-electron chi connectivity index (χ0n) is 11.9. The Morgan fingerprint density at radius 3 is 0.593 bits per heavy atom. The molecule has 0 spiro atoms. The molecule has 0 fully saturated rings. The lowest BCUT2D eigenvalue weighted by atomic mass is 9.99. The molecule has 0 saturated heterocycles. The van der Waals surface area contributed by atoms with E-state index in [0.29, 0.717) is 0 Å². The summed E-state index contributed by atoms with van der Waals surface area (Å²) in [4.78, 5) is 0. The van der Waals surface area contributed by atoms with Gasteiger partial charge >= 0.3 is 0 Å². The second-order valence-electron chi connectivity index (χ2n) is 5.02. The van der Waals surface area contributed by atoms with Gasteiger partial charge in [0.25, 0.3) is 0 Å². The average Bonchev–Trinajstić information content (AvgIpc) is 2.43. The monoisotopic (exact) mass is 672 g/mol. The van der Waals surface area contributed by atoms with Crippen molar-refractivity contribution < 1.29 is 0 Å². The maximum Gasteiger partial charge on any atom is 0.227 e. The summed E-state index contributed by atoms with van der Waals surface area (Å²) in [7, 11) is 0. The van der Waals surface area contributed by atoms with E-state index in [1.54, 1.807) is 0 Å². The Bertz CT molecular complexity index is 581. The summed E-state index contributed by atoms with van der Waals surface area (Å²) >= 11 is 89.9. The molecule has 0 nitrogen and oxygen atoms in total. The van der Waals surface area contributed by atoms with Gasteiger partial charge in [0.2, 0.25) is 11.4 Å². The van der Waals surface area contributed by atoms with Gasteiger partial charge in [-0.1, -0.05) is 174 Å². The van der Waals surface area contributed by atoms with Crippen LogP contribution in [0, 0.1) is 0 Å². The van der Waals surface area contributed by atoms with Gasteiger partial charge < -0.3 is 0 Å². The average molecular weight is 679 g/mol. The maximum atomic E-state index is 6.21. The largest absolute Gasteiger partial charge is 0.227 e. The van der Waals surface area contributed by atoms with Crippen molar-refractivity contribution in [3.8, 4) is 0 Å². The molecule has 0 N–H and O–H groups in total. The molecule has 0 aliphatic carbocycles. The number of alkyl halides is 15. The molecule has 0 radical (unpaired) electrons. The van der Waals surface area contributed by atoms with Crippen LogP contribution in [0.2, 0.25) is 0 Å². The molecule has 0 bridgehead atoms. The molecule has 156 valence electrons. The van der Waals surface area contributed by atoms with Crippen molar-refractivity contribution in [2.45, 2.75) is 24.4 Å². The Balaban J connectivity index is 3.90. The van der Waals surface area contributed by atoms with Crippen molar-refractivity contribution in [1.29, 1.82) is 0 Å². The first kappa shape index (κ1) is 28.6. The van der Waals surface area contributed by atoms with Crippen LogP contribution in [0.3, 0.4) is 0 Å². The van der Waals surface area contributed by atoms with Crippen LogP contribution in [-0.4, -0.2) is 11.4 Å². The smallest absolute Gasteiger partial charge is 0.0915 e. The second kappa shape index (κ2) is 9.08. The van der Waals surface area contributed by atoms with Crippen LogP contribution in [0.5, 0.6) is 0 Å². The number of rotatable bonds is 3. The summed E-state index contributed by atoms with van der Waals surface area (Å²) in [6.07, 6.45) is 0. The van der Waals surface area contributed by atoms with Gasteiger partial charge in [-0.15, -0.1) is 0 Å². The third kappa shape index (κ3) is 6.13. The third-order valence-corrected chi connectivity index (χ3v) is 10.4. The highest BCUT2D eigenvalue weighted by Crippen LogP contribution is 2.59. The van der Waals surface area contributed by atoms with E-state index in [9.17, 15) is 0 Å². The van der Waals surface area contributed by atoms with Gasteiger partial charge in [0, 0.05) is 0 Å². The van der Waals surface area contributed by atoms with E-state index in [2.05, 4.69) is 0 Å². The van der Waals surface area contributed by atoms with Gasteiger partial charge in [-0.3, -0.25) is 0 Å². The Morgan fingerprint density at radius 2 is 0.481 bits per heavy atom. The van der Waals surface area contributed by atoms with Crippen molar-refractivity contribution >= 4 is 174 Å². The zero-order valence-corrected chi connectivity index (χ0v) is 23.2. The number of hydrogen-bond acceptors (Lipinski definition) is 0. The minimum atomic E-state index is -2.23. The maximum absolute atomic E-state index is 6.21. The lowest BCUT2D eigenvalue weighted by molar-refractivity contribution is 0.815. The fraction of sp³-hybridized carbons (Fsp3) is 0.500. The molecule has 0 atom stereocenters. The Hall–Kier alpha value is 3.57. The van der Waals surface area contributed by atoms with E-state index < -0.39 is 24.4 Å². The first-order valence-corrected chi connectivity index (χ1v) is 11.7. The summed E-state index contributed by atoms with van der Waals surface area (Å²) in [5.41, 5.74) is -0.255. The van der Waals surface area contributed by atoms with E-state index in [0.717, 1.165) is 0 Å². The summed E-state index contributed by atoms with van der Waals surface area (Å²) in [6.45, 7) is 0. The van der Waals surface area contributed by atoms with Crippen LogP contribution in [0.25, 0.3) is 0 Å². The Morgan fingerprint density at radius 1 is 0.333 bits per heavy atom. The molecule has 0 amide bonds. The molecule has 1 rings (SSSR count). The van der Waals surface area contributed by atoms with Gasteiger partial charge in [0.1, 0.15) is 0 Å². The lowest BCUT2D eigenvalue weighted by Crippen LogP contribution is -2.34. The second-order valence-corrected chi connectivity index (χ2v) is 15.8. The SMILES string of the molecule is ClC(Cl)(Cl)C(Cl)(Cl)c1cc(C(Cl)(Cl)C(Cl)(Cl)Cl)cc(C(Cl)(Cl)C(Cl)(Cl)Cl)c1. The number of hydrogen-bond donors (Lipinski definition) is 0. The fourth-order valence-corrected chi connectivity index (χ4v) is 3.30. The molecule has 15 heteroatoms. The molecule has 27 heavy (non-hydrogen) atoms. The van der Waals surface area contributed by atoms with Crippen molar-refractivity contribution in [3.63, 3.8) is 0 Å². The molecule has 1 aromatic rings. The quantitative estimate of drug-likeness (QED) is 0.279. The molecular weight excluding hydrogens is 676 g/mol. The standard InChI is InChI=1S/C12H3Cl15/c13-7(14,10(19,20)21)4-1-5(8(15,16)11(22,23)24)3-6(2-4)9(17,18)12(25,26)27/h1-3H. The molecule has 0 aromatic heterocycles. The Kier molecular flexibility index (Phi) is 9.61. The molecule has 0 unspecified atom stereocenters. The highest BCUT2D eigenvalue weighted by atomic mass is 35.6. The minimum absolute atomic E-state index is 0.0850. The molecular formula is C12H3Cl15. The van der Waals surface area contributed by atoms with E-state index >= 15 is 0 Å².